The number of H-pyrrole nitrogens is 1. The molecule has 1 heterocycles. The first-order valence-corrected chi connectivity index (χ1v) is 7.69. The standard InChI is InChI=1S/C11H18N4O4S/c1-20(19)3-2-9(11(17)18)15-10(16)8(12)4-7-5-13-6-14-7/h5-6,8-9H,2-4,12H2,1H3,(H,13,14)(H,15,16)(H,17,18). The van der Waals surface area contributed by atoms with Gasteiger partial charge in [0.1, 0.15) is 6.04 Å². The molecule has 1 rings (SSSR count). The summed E-state index contributed by atoms with van der Waals surface area (Å²) in [4.78, 5) is 29.4. The van der Waals surface area contributed by atoms with Gasteiger partial charge in [0, 0.05) is 41.1 Å². The summed E-state index contributed by atoms with van der Waals surface area (Å²) >= 11 is 0. The Bertz CT molecular complexity index is 477. The molecule has 0 fully saturated rings. The lowest BCUT2D eigenvalue weighted by Gasteiger charge is -2.17. The smallest absolute Gasteiger partial charge is 0.326 e. The van der Waals surface area contributed by atoms with E-state index in [0.717, 1.165) is 0 Å². The highest BCUT2D eigenvalue weighted by atomic mass is 32.2. The van der Waals surface area contributed by atoms with Crippen molar-refractivity contribution in [3.05, 3.63) is 18.2 Å². The van der Waals surface area contributed by atoms with Crippen LogP contribution in [0.15, 0.2) is 12.5 Å². The van der Waals surface area contributed by atoms with E-state index in [9.17, 15) is 13.8 Å². The SMILES string of the molecule is CS(=O)CCC(NC(=O)C(N)Cc1cnc[nH]1)C(=O)O. The number of carboxylic acid groups (broad SMARTS) is 1. The molecule has 1 aromatic heterocycles. The number of carbonyl (C=O) groups is 2. The third kappa shape index (κ3) is 5.49. The molecule has 5 N–H and O–H groups in total. The average molecular weight is 302 g/mol. The Morgan fingerprint density at radius 3 is 2.80 bits per heavy atom. The molecule has 20 heavy (non-hydrogen) atoms. The molecule has 3 unspecified atom stereocenters. The fourth-order valence-electron chi connectivity index (χ4n) is 1.55. The van der Waals surface area contributed by atoms with Crippen LogP contribution in [0.5, 0.6) is 0 Å². The lowest BCUT2D eigenvalue weighted by molar-refractivity contribution is -0.142. The fourth-order valence-corrected chi connectivity index (χ4v) is 2.11. The summed E-state index contributed by atoms with van der Waals surface area (Å²) in [7, 11) is -1.11. The molecule has 0 aromatic carbocycles. The van der Waals surface area contributed by atoms with Crippen molar-refractivity contribution in [2.24, 2.45) is 5.73 Å². The van der Waals surface area contributed by atoms with E-state index in [4.69, 9.17) is 10.8 Å². The van der Waals surface area contributed by atoms with Crippen LogP contribution in [0.4, 0.5) is 0 Å². The highest BCUT2D eigenvalue weighted by Gasteiger charge is 2.23. The third-order valence-corrected chi connectivity index (χ3v) is 3.45. The molecular formula is C11H18N4O4S. The maximum atomic E-state index is 11.8. The number of carbonyl (C=O) groups excluding carboxylic acids is 1. The van der Waals surface area contributed by atoms with Crippen LogP contribution in [0.25, 0.3) is 0 Å². The molecule has 0 radical (unpaired) electrons. The molecule has 0 bridgehead atoms. The second-order valence-corrected chi connectivity index (χ2v) is 5.91. The molecule has 1 amide bonds. The van der Waals surface area contributed by atoms with Crippen molar-refractivity contribution < 1.29 is 18.9 Å². The van der Waals surface area contributed by atoms with Crippen LogP contribution in [-0.4, -0.2) is 55.3 Å². The van der Waals surface area contributed by atoms with E-state index in [1.165, 1.54) is 12.6 Å². The van der Waals surface area contributed by atoms with Gasteiger partial charge in [-0.05, 0) is 6.42 Å². The normalized spacial score (nSPS) is 15.3. The minimum absolute atomic E-state index is 0.0982. The summed E-state index contributed by atoms with van der Waals surface area (Å²) in [6, 6.07) is -1.95. The Kier molecular flexibility index (Phi) is 6.32. The van der Waals surface area contributed by atoms with E-state index in [1.807, 2.05) is 0 Å². The second-order valence-electron chi connectivity index (χ2n) is 4.35. The maximum absolute atomic E-state index is 11.8. The summed E-state index contributed by atoms with van der Waals surface area (Å²) in [5.74, 6) is -1.53. The van der Waals surface area contributed by atoms with E-state index in [2.05, 4.69) is 15.3 Å². The Hall–Kier alpha value is -1.74. The number of aliphatic carboxylic acids is 1. The monoisotopic (exact) mass is 302 g/mol. The molecule has 0 aliphatic carbocycles. The van der Waals surface area contributed by atoms with Gasteiger partial charge in [-0.2, -0.15) is 0 Å². The van der Waals surface area contributed by atoms with Gasteiger partial charge in [0.15, 0.2) is 0 Å². The maximum Gasteiger partial charge on any atom is 0.326 e. The molecule has 0 saturated heterocycles. The number of hydrogen-bond acceptors (Lipinski definition) is 5. The van der Waals surface area contributed by atoms with Gasteiger partial charge in [0.2, 0.25) is 5.91 Å². The lowest BCUT2D eigenvalue weighted by atomic mass is 10.1. The van der Waals surface area contributed by atoms with Gasteiger partial charge in [0.05, 0.1) is 12.4 Å². The van der Waals surface area contributed by atoms with Gasteiger partial charge >= 0.3 is 5.97 Å². The van der Waals surface area contributed by atoms with Crippen LogP contribution in [-0.2, 0) is 26.8 Å². The summed E-state index contributed by atoms with van der Waals surface area (Å²) in [5, 5.41) is 11.4. The minimum Gasteiger partial charge on any atom is -0.480 e. The van der Waals surface area contributed by atoms with Crippen molar-refractivity contribution in [1.82, 2.24) is 15.3 Å². The van der Waals surface area contributed by atoms with Crippen LogP contribution in [0.2, 0.25) is 0 Å². The minimum atomic E-state index is -1.17. The molecule has 9 heteroatoms. The number of aromatic nitrogens is 2. The molecule has 0 aliphatic rings. The number of nitrogens with two attached hydrogens (primary N) is 1. The van der Waals surface area contributed by atoms with Crippen LogP contribution in [0, 0.1) is 0 Å². The van der Waals surface area contributed by atoms with Gasteiger partial charge in [-0.1, -0.05) is 0 Å². The number of nitrogens with one attached hydrogen (secondary N) is 2. The number of nitrogens with zero attached hydrogens (tertiary/aromatic N) is 1. The largest absolute Gasteiger partial charge is 0.480 e. The number of carboxylic acids is 1. The van der Waals surface area contributed by atoms with Crippen molar-refractivity contribution in [3.8, 4) is 0 Å². The topological polar surface area (TPSA) is 138 Å². The van der Waals surface area contributed by atoms with E-state index < -0.39 is 34.8 Å². The van der Waals surface area contributed by atoms with Crippen LogP contribution in [0.3, 0.4) is 0 Å². The van der Waals surface area contributed by atoms with Crippen molar-refractivity contribution in [2.75, 3.05) is 12.0 Å². The zero-order valence-corrected chi connectivity index (χ0v) is 11.9. The zero-order valence-electron chi connectivity index (χ0n) is 11.0. The van der Waals surface area contributed by atoms with Crippen LogP contribution in [0.1, 0.15) is 12.1 Å². The first-order valence-electron chi connectivity index (χ1n) is 5.96. The van der Waals surface area contributed by atoms with E-state index >= 15 is 0 Å². The third-order valence-electron chi connectivity index (χ3n) is 2.64. The number of hydrogen-bond donors (Lipinski definition) is 4. The van der Waals surface area contributed by atoms with Crippen molar-refractivity contribution in [1.29, 1.82) is 0 Å². The summed E-state index contributed by atoms with van der Waals surface area (Å²) in [6.45, 7) is 0. The van der Waals surface area contributed by atoms with Crippen LogP contribution >= 0.6 is 0 Å². The van der Waals surface area contributed by atoms with Crippen molar-refractivity contribution >= 4 is 22.7 Å². The van der Waals surface area contributed by atoms with Gasteiger partial charge in [0.25, 0.3) is 0 Å². The van der Waals surface area contributed by atoms with Crippen molar-refractivity contribution in [2.45, 2.75) is 24.9 Å². The fraction of sp³-hybridized carbons (Fsp3) is 0.545. The van der Waals surface area contributed by atoms with Crippen molar-refractivity contribution in [3.63, 3.8) is 0 Å². The Labute approximate surface area is 118 Å². The molecule has 1 aromatic rings. The highest BCUT2D eigenvalue weighted by molar-refractivity contribution is 7.84. The van der Waals surface area contributed by atoms with Gasteiger partial charge in [-0.15, -0.1) is 0 Å². The highest BCUT2D eigenvalue weighted by Crippen LogP contribution is 1.99. The summed E-state index contributed by atoms with van der Waals surface area (Å²) in [6.07, 6.45) is 4.82. The molecule has 3 atom stereocenters. The number of rotatable bonds is 8. The Balaban J connectivity index is 2.52. The summed E-state index contributed by atoms with van der Waals surface area (Å²) < 4.78 is 11.0. The Morgan fingerprint density at radius 1 is 1.60 bits per heavy atom. The van der Waals surface area contributed by atoms with Gasteiger partial charge < -0.3 is 21.1 Å². The predicted molar refractivity (Wildman–Crippen MR) is 73.4 cm³/mol. The number of imidazole rings is 1. The second kappa shape index (κ2) is 7.75. The number of aromatic amines is 1. The molecule has 0 spiro atoms. The first kappa shape index (κ1) is 16.3. The first-order chi connectivity index (χ1) is 9.40. The van der Waals surface area contributed by atoms with Gasteiger partial charge in [-0.25, -0.2) is 9.78 Å². The quantitative estimate of drug-likeness (QED) is 0.467. The van der Waals surface area contributed by atoms with Crippen LogP contribution < -0.4 is 11.1 Å². The molecule has 0 aliphatic heterocycles. The molecule has 0 saturated carbocycles. The lowest BCUT2D eigenvalue weighted by Crippen LogP contribution is -2.49. The zero-order chi connectivity index (χ0) is 15.1. The predicted octanol–water partition coefficient (Wildman–Crippen LogP) is -1.38. The van der Waals surface area contributed by atoms with E-state index in [0.29, 0.717) is 5.69 Å². The van der Waals surface area contributed by atoms with E-state index in [1.54, 1.807) is 6.20 Å². The van der Waals surface area contributed by atoms with E-state index in [-0.39, 0.29) is 18.6 Å². The van der Waals surface area contributed by atoms with Gasteiger partial charge in [-0.3, -0.25) is 9.00 Å². The average Bonchev–Trinajstić information content (AvgIpc) is 2.86. The number of amides is 1. The molecular weight excluding hydrogens is 284 g/mol. The summed E-state index contributed by atoms with van der Waals surface area (Å²) in [5.41, 5.74) is 6.39. The Morgan fingerprint density at radius 2 is 2.30 bits per heavy atom. The molecule has 8 nitrogen and oxygen atoms in total. The molecule has 112 valence electrons.